The Bertz CT molecular complexity index is 347. The van der Waals surface area contributed by atoms with Gasteiger partial charge in [0.15, 0.2) is 0 Å². The highest BCUT2D eigenvalue weighted by Gasteiger charge is 2.06. The zero-order valence-corrected chi connectivity index (χ0v) is 7.15. The lowest BCUT2D eigenvalue weighted by Crippen LogP contribution is -1.99. The number of nitroso groups, excluding NO2 is 1. The maximum Gasteiger partial charge on any atom is 0.335 e. The first-order valence-corrected chi connectivity index (χ1v) is 3.77. The summed E-state index contributed by atoms with van der Waals surface area (Å²) < 4.78 is 0. The molecule has 0 spiro atoms. The first kappa shape index (κ1) is 9.38. The minimum Gasteiger partial charge on any atom is -0.478 e. The Morgan fingerprint density at radius 2 is 2.23 bits per heavy atom. The van der Waals surface area contributed by atoms with Gasteiger partial charge >= 0.3 is 5.97 Å². The Kier molecular flexibility index (Phi) is 2.74. The molecule has 0 radical (unpaired) electrons. The van der Waals surface area contributed by atoms with Crippen LogP contribution in [0.4, 0.5) is 0 Å². The molecule has 1 rings (SSSR count). The van der Waals surface area contributed by atoms with Crippen LogP contribution in [0.1, 0.15) is 21.5 Å². The fourth-order valence-corrected chi connectivity index (χ4v) is 1.14. The second kappa shape index (κ2) is 3.80. The molecule has 68 valence electrons. The van der Waals surface area contributed by atoms with Crippen molar-refractivity contribution in [2.75, 3.05) is 0 Å². The molecule has 4 nitrogen and oxygen atoms in total. The highest BCUT2D eigenvalue weighted by Crippen LogP contribution is 2.11. The van der Waals surface area contributed by atoms with Gasteiger partial charge in [-0.25, -0.2) is 4.79 Å². The van der Waals surface area contributed by atoms with E-state index >= 15 is 0 Å². The van der Waals surface area contributed by atoms with Crippen LogP contribution in [0.3, 0.4) is 0 Å². The van der Waals surface area contributed by atoms with E-state index in [0.29, 0.717) is 5.56 Å². The van der Waals surface area contributed by atoms with Gasteiger partial charge in [0.2, 0.25) is 0 Å². The Morgan fingerprint density at radius 3 is 2.69 bits per heavy atom. The lowest BCUT2D eigenvalue weighted by atomic mass is 10.1. The van der Waals surface area contributed by atoms with E-state index in [9.17, 15) is 9.70 Å². The summed E-state index contributed by atoms with van der Waals surface area (Å²) in [5, 5.41) is 11.4. The molecule has 0 saturated heterocycles. The largest absolute Gasteiger partial charge is 0.478 e. The topological polar surface area (TPSA) is 66.7 Å². The van der Waals surface area contributed by atoms with Crippen LogP contribution in [0.15, 0.2) is 23.4 Å². The molecule has 0 saturated carbocycles. The molecule has 0 amide bonds. The predicted molar refractivity (Wildman–Crippen MR) is 47.6 cm³/mol. The first-order valence-electron chi connectivity index (χ1n) is 3.77. The summed E-state index contributed by atoms with van der Waals surface area (Å²) in [6, 6.07) is 4.74. The molecule has 0 aliphatic rings. The quantitative estimate of drug-likeness (QED) is 0.721. The number of hydrogen-bond acceptors (Lipinski definition) is 3. The molecule has 1 aromatic carbocycles. The number of carboxylic acids is 1. The summed E-state index contributed by atoms with van der Waals surface area (Å²) in [5.74, 6) is -0.955. The van der Waals surface area contributed by atoms with Crippen molar-refractivity contribution < 1.29 is 9.90 Å². The minimum atomic E-state index is -0.955. The number of hydrogen-bond donors (Lipinski definition) is 1. The van der Waals surface area contributed by atoms with Gasteiger partial charge in [-0.05, 0) is 24.1 Å². The molecular weight excluding hydrogens is 170 g/mol. The highest BCUT2D eigenvalue weighted by molar-refractivity contribution is 5.89. The summed E-state index contributed by atoms with van der Waals surface area (Å²) in [7, 11) is 0. The molecule has 0 unspecified atom stereocenters. The zero-order valence-electron chi connectivity index (χ0n) is 7.15. The zero-order chi connectivity index (χ0) is 9.84. The lowest BCUT2D eigenvalue weighted by molar-refractivity contribution is 0.0696. The van der Waals surface area contributed by atoms with Crippen LogP contribution < -0.4 is 0 Å². The van der Waals surface area contributed by atoms with Gasteiger partial charge in [-0.2, -0.15) is 4.91 Å². The fourth-order valence-electron chi connectivity index (χ4n) is 1.14. The molecular formula is C9H9NO3. The highest BCUT2D eigenvalue weighted by atomic mass is 16.4. The molecule has 1 aromatic rings. The van der Waals surface area contributed by atoms with E-state index < -0.39 is 5.97 Å². The van der Waals surface area contributed by atoms with Crippen molar-refractivity contribution in [3.05, 3.63) is 39.8 Å². The third-order valence-electron chi connectivity index (χ3n) is 1.77. The van der Waals surface area contributed by atoms with E-state index in [1.165, 1.54) is 6.07 Å². The predicted octanol–water partition coefficient (Wildman–Crippen LogP) is 1.96. The van der Waals surface area contributed by atoms with Crippen LogP contribution in [-0.4, -0.2) is 11.1 Å². The summed E-state index contributed by atoms with van der Waals surface area (Å²) in [4.78, 5) is 20.5. The Labute approximate surface area is 75.2 Å². The molecule has 0 bridgehead atoms. The number of nitrogens with zero attached hydrogens (tertiary/aromatic N) is 1. The number of benzene rings is 1. The van der Waals surface area contributed by atoms with Crippen molar-refractivity contribution in [3.8, 4) is 0 Å². The third kappa shape index (κ3) is 2.11. The molecule has 0 aliphatic carbocycles. The van der Waals surface area contributed by atoms with E-state index in [2.05, 4.69) is 5.18 Å². The van der Waals surface area contributed by atoms with Gasteiger partial charge < -0.3 is 5.11 Å². The average Bonchev–Trinajstić information content (AvgIpc) is 2.04. The van der Waals surface area contributed by atoms with E-state index in [1.807, 2.05) is 0 Å². The Balaban J connectivity index is 3.05. The van der Waals surface area contributed by atoms with Crippen LogP contribution in [0.5, 0.6) is 0 Å². The van der Waals surface area contributed by atoms with Crippen LogP contribution in [0.2, 0.25) is 0 Å². The van der Waals surface area contributed by atoms with Gasteiger partial charge in [0, 0.05) is 0 Å². The molecule has 0 heterocycles. The van der Waals surface area contributed by atoms with E-state index in [4.69, 9.17) is 5.11 Å². The standard InChI is InChI=1S/C9H9NO3/c1-6-4-7(5-10-13)2-3-8(6)9(11)12/h2-4H,5H2,1H3,(H,11,12). The normalized spacial score (nSPS) is 9.62. The summed E-state index contributed by atoms with van der Waals surface area (Å²) in [5.41, 5.74) is 1.64. The van der Waals surface area contributed by atoms with Crippen LogP contribution in [-0.2, 0) is 6.54 Å². The van der Waals surface area contributed by atoms with Gasteiger partial charge in [0.05, 0.1) is 5.56 Å². The number of aromatic carboxylic acids is 1. The Hall–Kier alpha value is -1.71. The molecule has 1 N–H and O–H groups in total. The molecule has 4 heteroatoms. The van der Waals surface area contributed by atoms with Crippen molar-refractivity contribution in [2.45, 2.75) is 13.5 Å². The number of carboxylic acid groups (broad SMARTS) is 1. The maximum atomic E-state index is 10.6. The lowest BCUT2D eigenvalue weighted by Gasteiger charge is -2.01. The minimum absolute atomic E-state index is 0.0841. The van der Waals surface area contributed by atoms with Crippen LogP contribution >= 0.6 is 0 Å². The van der Waals surface area contributed by atoms with Gasteiger partial charge in [0.1, 0.15) is 6.54 Å². The molecule has 13 heavy (non-hydrogen) atoms. The van der Waals surface area contributed by atoms with Gasteiger partial charge in [-0.15, -0.1) is 0 Å². The third-order valence-corrected chi connectivity index (χ3v) is 1.77. The molecule has 0 atom stereocenters. The van der Waals surface area contributed by atoms with E-state index in [0.717, 1.165) is 5.56 Å². The van der Waals surface area contributed by atoms with Crippen molar-refractivity contribution in [1.82, 2.24) is 0 Å². The van der Waals surface area contributed by atoms with Crippen molar-refractivity contribution in [1.29, 1.82) is 0 Å². The molecule has 0 fully saturated rings. The van der Waals surface area contributed by atoms with Gasteiger partial charge in [-0.1, -0.05) is 17.3 Å². The Morgan fingerprint density at radius 1 is 1.54 bits per heavy atom. The fraction of sp³-hybridized carbons (Fsp3) is 0.222. The van der Waals surface area contributed by atoms with Gasteiger partial charge in [-0.3, -0.25) is 0 Å². The number of aryl methyl sites for hydroxylation is 1. The summed E-state index contributed by atoms with van der Waals surface area (Å²) in [6.07, 6.45) is 0. The number of carbonyl (C=O) groups is 1. The van der Waals surface area contributed by atoms with Crippen molar-refractivity contribution >= 4 is 5.97 Å². The summed E-state index contributed by atoms with van der Waals surface area (Å²) in [6.45, 7) is 1.78. The monoisotopic (exact) mass is 179 g/mol. The molecule has 0 aromatic heterocycles. The van der Waals surface area contributed by atoms with Crippen LogP contribution in [0, 0.1) is 11.8 Å². The summed E-state index contributed by atoms with van der Waals surface area (Å²) >= 11 is 0. The van der Waals surface area contributed by atoms with E-state index in [1.54, 1.807) is 19.1 Å². The van der Waals surface area contributed by atoms with Gasteiger partial charge in [0.25, 0.3) is 0 Å². The first-order chi connectivity index (χ1) is 6.15. The van der Waals surface area contributed by atoms with E-state index in [-0.39, 0.29) is 12.1 Å². The van der Waals surface area contributed by atoms with Crippen molar-refractivity contribution in [3.63, 3.8) is 0 Å². The smallest absolute Gasteiger partial charge is 0.335 e. The van der Waals surface area contributed by atoms with Crippen LogP contribution in [0.25, 0.3) is 0 Å². The second-order valence-electron chi connectivity index (χ2n) is 2.74. The second-order valence-corrected chi connectivity index (χ2v) is 2.74. The average molecular weight is 179 g/mol. The number of rotatable bonds is 3. The maximum absolute atomic E-state index is 10.6. The SMILES string of the molecule is Cc1cc(CN=O)ccc1C(=O)O. The molecule has 0 aliphatic heterocycles. The van der Waals surface area contributed by atoms with Crippen molar-refractivity contribution in [2.24, 2.45) is 5.18 Å².